The van der Waals surface area contributed by atoms with E-state index in [0.29, 0.717) is 13.0 Å². The molecule has 2 fully saturated rings. The number of amides is 1. The highest BCUT2D eigenvalue weighted by Gasteiger charge is 2.40. The second kappa shape index (κ2) is 11.8. The maximum Gasteiger partial charge on any atom is 0.223 e. The van der Waals surface area contributed by atoms with Crippen LogP contribution in [0.2, 0.25) is 5.02 Å². The van der Waals surface area contributed by atoms with Gasteiger partial charge >= 0.3 is 0 Å². The minimum atomic E-state index is -0.231. The molecule has 2 aliphatic rings. The Bertz CT molecular complexity index is 986. The van der Waals surface area contributed by atoms with E-state index in [1.807, 2.05) is 30.0 Å². The van der Waals surface area contributed by atoms with Gasteiger partial charge in [-0.25, -0.2) is 0 Å². The summed E-state index contributed by atoms with van der Waals surface area (Å²) >= 11 is 6.21. The van der Waals surface area contributed by atoms with E-state index in [4.69, 9.17) is 20.8 Å². The van der Waals surface area contributed by atoms with Gasteiger partial charge in [0, 0.05) is 56.0 Å². The molecule has 0 saturated carbocycles. The molecule has 192 valence electrons. The van der Waals surface area contributed by atoms with Gasteiger partial charge < -0.3 is 19.0 Å². The number of hydrogen-bond acceptors (Lipinski definition) is 5. The Morgan fingerprint density at radius 1 is 1.11 bits per heavy atom. The van der Waals surface area contributed by atoms with Crippen LogP contribution in [0, 0.1) is 12.3 Å². The van der Waals surface area contributed by atoms with Crippen LogP contribution in [0.4, 0.5) is 0 Å². The van der Waals surface area contributed by atoms with Crippen LogP contribution >= 0.6 is 11.6 Å². The number of aryl methyl sites for hydroxylation is 2. The number of carbonyl (C=O) groups is 1. The second-order valence-corrected chi connectivity index (χ2v) is 10.9. The quantitative estimate of drug-likeness (QED) is 0.483. The van der Waals surface area contributed by atoms with Crippen molar-refractivity contribution >= 4 is 17.5 Å². The van der Waals surface area contributed by atoms with E-state index >= 15 is 0 Å². The summed E-state index contributed by atoms with van der Waals surface area (Å²) in [6, 6.07) is 9.98. The Labute approximate surface area is 215 Å². The minimum Gasteiger partial charge on any atom is -0.493 e. The monoisotopic (exact) mass is 501 g/mol. The highest BCUT2D eigenvalue weighted by molar-refractivity contribution is 6.31. The Morgan fingerprint density at radius 3 is 2.63 bits per heavy atom. The Morgan fingerprint density at radius 2 is 1.89 bits per heavy atom. The largest absolute Gasteiger partial charge is 0.493 e. The topological polar surface area (TPSA) is 49.2 Å². The smallest absolute Gasteiger partial charge is 0.223 e. The first-order valence-electron chi connectivity index (χ1n) is 13.0. The third-order valence-corrected chi connectivity index (χ3v) is 7.81. The fraction of sp³-hybridized carbons (Fsp3) is 0.607. The summed E-state index contributed by atoms with van der Waals surface area (Å²) in [7, 11) is 2.12. The van der Waals surface area contributed by atoms with Gasteiger partial charge in [-0.15, -0.1) is 0 Å². The first-order valence-corrected chi connectivity index (χ1v) is 13.4. The first-order chi connectivity index (χ1) is 16.9. The number of piperidine rings is 1. The van der Waals surface area contributed by atoms with Gasteiger partial charge in [0.1, 0.15) is 17.3 Å². The zero-order valence-electron chi connectivity index (χ0n) is 21.5. The standard InChI is InChI=1S/C28H40ClN3O3/c1-4-6-23-7-8-25(35-23)19-31-12-5-11-28(20-31,18-27(33)32-15-13-30(3)14-16-32)21-34-24-9-10-26(29)22(2)17-24/h7-10,17H,4-6,11-16,18-21H2,1-3H3/t28-/m0/s1. The van der Waals surface area contributed by atoms with E-state index in [1.54, 1.807) is 0 Å². The summed E-state index contributed by atoms with van der Waals surface area (Å²) < 4.78 is 12.4. The molecule has 0 unspecified atom stereocenters. The summed E-state index contributed by atoms with van der Waals surface area (Å²) in [5.41, 5.74) is 0.767. The van der Waals surface area contributed by atoms with Gasteiger partial charge in [0.2, 0.25) is 5.91 Å². The van der Waals surface area contributed by atoms with E-state index in [-0.39, 0.29) is 11.3 Å². The van der Waals surface area contributed by atoms with Crippen LogP contribution in [0.3, 0.4) is 0 Å². The highest BCUT2D eigenvalue weighted by atomic mass is 35.5. The van der Waals surface area contributed by atoms with Crippen molar-refractivity contribution in [3.05, 3.63) is 52.4 Å². The number of halogens is 1. The van der Waals surface area contributed by atoms with E-state index in [2.05, 4.69) is 35.9 Å². The molecule has 1 amide bonds. The van der Waals surface area contributed by atoms with Crippen LogP contribution < -0.4 is 4.74 Å². The van der Waals surface area contributed by atoms with Crippen LogP contribution in [-0.2, 0) is 17.8 Å². The maximum atomic E-state index is 13.4. The fourth-order valence-electron chi connectivity index (χ4n) is 5.30. The van der Waals surface area contributed by atoms with E-state index in [1.165, 1.54) is 0 Å². The molecule has 7 heteroatoms. The molecule has 1 aromatic heterocycles. The summed E-state index contributed by atoms with van der Waals surface area (Å²) in [5.74, 6) is 3.12. The van der Waals surface area contributed by atoms with Crippen LogP contribution in [-0.4, -0.2) is 73.5 Å². The average Bonchev–Trinajstić information content (AvgIpc) is 3.27. The van der Waals surface area contributed by atoms with Crippen LogP contribution in [0.25, 0.3) is 0 Å². The van der Waals surface area contributed by atoms with Crippen molar-refractivity contribution < 1.29 is 13.9 Å². The predicted octanol–water partition coefficient (Wildman–Crippen LogP) is 5.02. The summed E-state index contributed by atoms with van der Waals surface area (Å²) in [6.45, 7) is 10.8. The van der Waals surface area contributed by atoms with Gasteiger partial charge in [0.05, 0.1) is 13.2 Å². The molecule has 0 spiro atoms. The normalized spacial score (nSPS) is 21.9. The molecule has 1 atom stereocenters. The number of rotatable bonds is 9. The summed E-state index contributed by atoms with van der Waals surface area (Å²) in [6.07, 6.45) is 4.59. The van der Waals surface area contributed by atoms with Gasteiger partial charge in [0.25, 0.3) is 0 Å². The zero-order valence-corrected chi connectivity index (χ0v) is 22.3. The third-order valence-electron chi connectivity index (χ3n) is 7.39. The minimum absolute atomic E-state index is 0.231. The number of carbonyl (C=O) groups excluding carboxylic acids is 1. The van der Waals surface area contributed by atoms with Gasteiger partial charge in [0.15, 0.2) is 0 Å². The molecule has 0 N–H and O–H groups in total. The predicted molar refractivity (Wildman–Crippen MR) is 140 cm³/mol. The van der Waals surface area contributed by atoms with Gasteiger partial charge in [-0.2, -0.15) is 0 Å². The lowest BCUT2D eigenvalue weighted by atomic mass is 9.77. The number of likely N-dealkylation sites (N-methyl/N-ethyl adjacent to an activating group) is 1. The molecule has 0 aliphatic carbocycles. The molecule has 6 nitrogen and oxygen atoms in total. The van der Waals surface area contributed by atoms with Crippen molar-refractivity contribution in [1.29, 1.82) is 0 Å². The van der Waals surface area contributed by atoms with Crippen molar-refractivity contribution in [3.8, 4) is 5.75 Å². The zero-order chi connectivity index (χ0) is 24.8. The molecule has 2 saturated heterocycles. The number of benzene rings is 1. The lowest BCUT2D eigenvalue weighted by Crippen LogP contribution is -2.52. The molecule has 4 rings (SSSR count). The fourth-order valence-corrected chi connectivity index (χ4v) is 5.42. The number of ether oxygens (including phenoxy) is 1. The van der Waals surface area contributed by atoms with Crippen LogP contribution in [0.5, 0.6) is 5.75 Å². The first kappa shape index (κ1) is 26.1. The Hall–Kier alpha value is -2.02. The molecule has 1 aromatic carbocycles. The molecule has 2 aromatic rings. The summed E-state index contributed by atoms with van der Waals surface area (Å²) in [4.78, 5) is 20.2. The summed E-state index contributed by atoms with van der Waals surface area (Å²) in [5, 5.41) is 0.738. The molecule has 35 heavy (non-hydrogen) atoms. The number of likely N-dealkylation sites (tertiary alicyclic amines) is 1. The maximum absolute atomic E-state index is 13.4. The van der Waals surface area contributed by atoms with Gasteiger partial charge in [-0.05, 0) is 75.7 Å². The van der Waals surface area contributed by atoms with E-state index < -0.39 is 0 Å². The SMILES string of the molecule is CCCc1ccc(CN2CCC[C@](COc3ccc(Cl)c(C)c3)(CC(=O)N3CCN(C)CC3)C2)o1. The van der Waals surface area contributed by atoms with Crippen molar-refractivity contribution in [2.75, 3.05) is 52.9 Å². The molecule has 2 aliphatic heterocycles. The van der Waals surface area contributed by atoms with Crippen LogP contribution in [0.15, 0.2) is 34.7 Å². The number of hydrogen-bond donors (Lipinski definition) is 0. The van der Waals surface area contributed by atoms with E-state index in [0.717, 1.165) is 99.4 Å². The third kappa shape index (κ3) is 7.02. The van der Waals surface area contributed by atoms with Gasteiger partial charge in [-0.1, -0.05) is 18.5 Å². The highest BCUT2D eigenvalue weighted by Crippen LogP contribution is 2.36. The Kier molecular flexibility index (Phi) is 8.79. The van der Waals surface area contributed by atoms with Crippen LogP contribution in [0.1, 0.15) is 49.7 Å². The number of nitrogens with zero attached hydrogens (tertiary/aromatic N) is 3. The average molecular weight is 502 g/mol. The number of piperazine rings is 1. The van der Waals surface area contributed by atoms with Crippen molar-refractivity contribution in [3.63, 3.8) is 0 Å². The van der Waals surface area contributed by atoms with Crippen molar-refractivity contribution in [2.45, 2.75) is 52.5 Å². The van der Waals surface area contributed by atoms with Crippen molar-refractivity contribution in [1.82, 2.24) is 14.7 Å². The van der Waals surface area contributed by atoms with Gasteiger partial charge in [-0.3, -0.25) is 9.69 Å². The molecule has 0 bridgehead atoms. The molecular formula is C28H40ClN3O3. The lowest BCUT2D eigenvalue weighted by molar-refractivity contribution is -0.137. The lowest BCUT2D eigenvalue weighted by Gasteiger charge is -2.43. The van der Waals surface area contributed by atoms with E-state index in [9.17, 15) is 4.79 Å². The molecular weight excluding hydrogens is 462 g/mol. The second-order valence-electron chi connectivity index (χ2n) is 10.5. The Balaban J connectivity index is 1.47. The van der Waals surface area contributed by atoms with Crippen molar-refractivity contribution in [2.24, 2.45) is 5.41 Å². The number of furan rings is 1. The molecule has 0 radical (unpaired) electrons. The molecule has 3 heterocycles.